The molecule has 0 radical (unpaired) electrons. The van der Waals surface area contributed by atoms with Crippen molar-refractivity contribution in [3.05, 3.63) is 58.3 Å². The minimum absolute atomic E-state index is 0.836. The van der Waals surface area contributed by atoms with Crippen molar-refractivity contribution in [2.45, 2.75) is 20.0 Å². The van der Waals surface area contributed by atoms with Crippen molar-refractivity contribution in [2.24, 2.45) is 0 Å². The predicted octanol–water partition coefficient (Wildman–Crippen LogP) is 3.45. The third-order valence-electron chi connectivity index (χ3n) is 3.14. The number of halogens is 1. The maximum atomic E-state index is 6.05. The molecule has 0 aliphatic heterocycles. The van der Waals surface area contributed by atoms with Crippen LogP contribution in [-0.4, -0.2) is 16.4 Å². The van der Waals surface area contributed by atoms with Crippen molar-refractivity contribution >= 4 is 21.6 Å². The van der Waals surface area contributed by atoms with Gasteiger partial charge in [0, 0.05) is 41.2 Å². The molecule has 0 amide bonds. The molecular formula is C15H18BrN3. The second kappa shape index (κ2) is 6.68. The van der Waals surface area contributed by atoms with E-state index in [-0.39, 0.29) is 0 Å². The summed E-state index contributed by atoms with van der Waals surface area (Å²) in [6.45, 7) is 4.88. The number of benzene rings is 1. The molecular weight excluding hydrogens is 302 g/mol. The smallest absolute Gasteiger partial charge is 0.0371 e. The average molecular weight is 320 g/mol. The summed E-state index contributed by atoms with van der Waals surface area (Å²) in [5.74, 6) is 0. The fourth-order valence-electron chi connectivity index (χ4n) is 1.99. The molecule has 0 aliphatic rings. The van der Waals surface area contributed by atoms with Crippen molar-refractivity contribution in [3.8, 4) is 0 Å². The van der Waals surface area contributed by atoms with E-state index in [9.17, 15) is 0 Å². The highest BCUT2D eigenvalue weighted by molar-refractivity contribution is 9.10. The SMILES string of the molecule is CCN(Cc1ccncc1)Cc1c(N)cccc1Br. The maximum Gasteiger partial charge on any atom is 0.0371 e. The van der Waals surface area contributed by atoms with Crippen LogP contribution in [0.25, 0.3) is 0 Å². The standard InChI is InChI=1S/C15H18BrN3/c1-2-19(10-12-6-8-18-9-7-12)11-13-14(16)4-3-5-15(13)17/h3-9H,2,10-11,17H2,1H3. The highest BCUT2D eigenvalue weighted by Crippen LogP contribution is 2.24. The van der Waals surface area contributed by atoms with Gasteiger partial charge in [-0.25, -0.2) is 0 Å². The molecule has 0 spiro atoms. The summed E-state index contributed by atoms with van der Waals surface area (Å²) >= 11 is 3.57. The molecule has 4 heteroatoms. The number of hydrogen-bond donors (Lipinski definition) is 1. The Morgan fingerprint density at radius 3 is 2.53 bits per heavy atom. The Labute approximate surface area is 122 Å². The lowest BCUT2D eigenvalue weighted by Gasteiger charge is -2.22. The van der Waals surface area contributed by atoms with Gasteiger partial charge in [0.25, 0.3) is 0 Å². The second-order valence-corrected chi connectivity index (χ2v) is 5.32. The Kier molecular flexibility index (Phi) is 4.93. The van der Waals surface area contributed by atoms with E-state index in [1.54, 1.807) is 0 Å². The quantitative estimate of drug-likeness (QED) is 0.858. The van der Waals surface area contributed by atoms with Crippen molar-refractivity contribution in [1.82, 2.24) is 9.88 Å². The van der Waals surface area contributed by atoms with Gasteiger partial charge >= 0.3 is 0 Å². The molecule has 2 aromatic rings. The first-order valence-corrected chi connectivity index (χ1v) is 7.14. The van der Waals surface area contributed by atoms with Gasteiger partial charge in [-0.2, -0.15) is 0 Å². The first kappa shape index (κ1) is 14.0. The topological polar surface area (TPSA) is 42.2 Å². The molecule has 0 atom stereocenters. The Bertz CT molecular complexity index is 508. The van der Waals surface area contributed by atoms with E-state index < -0.39 is 0 Å². The van der Waals surface area contributed by atoms with Crippen LogP contribution in [-0.2, 0) is 13.1 Å². The molecule has 2 rings (SSSR count). The normalized spacial score (nSPS) is 10.9. The van der Waals surface area contributed by atoms with Crippen LogP contribution >= 0.6 is 15.9 Å². The molecule has 1 aromatic heterocycles. The van der Waals surface area contributed by atoms with Crippen LogP contribution < -0.4 is 5.73 Å². The first-order chi connectivity index (χ1) is 9.20. The van der Waals surface area contributed by atoms with E-state index in [1.165, 1.54) is 5.56 Å². The lowest BCUT2D eigenvalue weighted by molar-refractivity contribution is 0.271. The summed E-state index contributed by atoms with van der Waals surface area (Å²) < 4.78 is 1.07. The molecule has 0 fully saturated rings. The zero-order valence-electron chi connectivity index (χ0n) is 11.0. The van der Waals surface area contributed by atoms with E-state index in [2.05, 4.69) is 32.7 Å². The molecule has 1 heterocycles. The van der Waals surface area contributed by atoms with Crippen molar-refractivity contribution in [2.75, 3.05) is 12.3 Å². The molecule has 0 bridgehead atoms. The predicted molar refractivity (Wildman–Crippen MR) is 82.6 cm³/mol. The molecule has 19 heavy (non-hydrogen) atoms. The number of nitrogens with two attached hydrogens (primary N) is 1. The number of anilines is 1. The summed E-state index contributed by atoms with van der Waals surface area (Å²) in [6.07, 6.45) is 3.66. The van der Waals surface area contributed by atoms with E-state index in [1.807, 2.05) is 42.7 Å². The Hall–Kier alpha value is -1.39. The molecule has 3 nitrogen and oxygen atoms in total. The Morgan fingerprint density at radius 1 is 1.16 bits per heavy atom. The fourth-order valence-corrected chi connectivity index (χ4v) is 2.50. The van der Waals surface area contributed by atoms with Crippen LogP contribution in [0.4, 0.5) is 5.69 Å². The van der Waals surface area contributed by atoms with Gasteiger partial charge in [0.05, 0.1) is 0 Å². The highest BCUT2D eigenvalue weighted by atomic mass is 79.9. The van der Waals surface area contributed by atoms with E-state index in [4.69, 9.17) is 5.73 Å². The number of aromatic nitrogens is 1. The summed E-state index contributed by atoms with van der Waals surface area (Å²) in [5, 5.41) is 0. The molecule has 0 saturated carbocycles. The summed E-state index contributed by atoms with van der Waals surface area (Å²) in [7, 11) is 0. The molecule has 0 unspecified atom stereocenters. The zero-order valence-corrected chi connectivity index (χ0v) is 12.6. The minimum atomic E-state index is 0.836. The van der Waals surface area contributed by atoms with Gasteiger partial charge in [-0.3, -0.25) is 9.88 Å². The average Bonchev–Trinajstić information content (AvgIpc) is 2.43. The summed E-state index contributed by atoms with van der Waals surface area (Å²) in [4.78, 5) is 6.40. The number of nitrogens with zero attached hydrogens (tertiary/aromatic N) is 2. The van der Waals surface area contributed by atoms with E-state index in [0.29, 0.717) is 0 Å². The number of rotatable bonds is 5. The third kappa shape index (κ3) is 3.78. The van der Waals surface area contributed by atoms with Gasteiger partial charge in [-0.1, -0.05) is 28.9 Å². The summed E-state index contributed by atoms with van der Waals surface area (Å²) in [5.41, 5.74) is 9.30. The summed E-state index contributed by atoms with van der Waals surface area (Å²) in [6, 6.07) is 10.0. The van der Waals surface area contributed by atoms with Crippen LogP contribution in [0, 0.1) is 0 Å². The van der Waals surface area contributed by atoms with Crippen LogP contribution in [0.15, 0.2) is 47.2 Å². The monoisotopic (exact) mass is 319 g/mol. The van der Waals surface area contributed by atoms with Gasteiger partial charge in [-0.15, -0.1) is 0 Å². The van der Waals surface area contributed by atoms with Crippen molar-refractivity contribution in [3.63, 3.8) is 0 Å². The Morgan fingerprint density at radius 2 is 1.89 bits per heavy atom. The first-order valence-electron chi connectivity index (χ1n) is 6.34. The van der Waals surface area contributed by atoms with Gasteiger partial charge in [0.1, 0.15) is 0 Å². The number of nitrogen functional groups attached to an aromatic ring is 1. The van der Waals surface area contributed by atoms with Crippen LogP contribution in [0.2, 0.25) is 0 Å². The molecule has 0 saturated heterocycles. The van der Waals surface area contributed by atoms with E-state index >= 15 is 0 Å². The molecule has 2 N–H and O–H groups in total. The Balaban J connectivity index is 2.11. The van der Waals surface area contributed by atoms with E-state index in [0.717, 1.165) is 35.4 Å². The number of pyridine rings is 1. The second-order valence-electron chi connectivity index (χ2n) is 4.47. The largest absolute Gasteiger partial charge is 0.398 e. The number of hydrogen-bond acceptors (Lipinski definition) is 3. The fraction of sp³-hybridized carbons (Fsp3) is 0.267. The van der Waals surface area contributed by atoms with Gasteiger partial charge < -0.3 is 5.73 Å². The van der Waals surface area contributed by atoms with Gasteiger partial charge in [0.2, 0.25) is 0 Å². The molecule has 0 aliphatic carbocycles. The van der Waals surface area contributed by atoms with Crippen LogP contribution in [0.1, 0.15) is 18.1 Å². The zero-order chi connectivity index (χ0) is 13.7. The van der Waals surface area contributed by atoms with Crippen molar-refractivity contribution in [1.29, 1.82) is 0 Å². The van der Waals surface area contributed by atoms with Gasteiger partial charge in [-0.05, 0) is 36.4 Å². The van der Waals surface area contributed by atoms with Crippen molar-refractivity contribution < 1.29 is 0 Å². The highest BCUT2D eigenvalue weighted by Gasteiger charge is 2.10. The van der Waals surface area contributed by atoms with Gasteiger partial charge in [0.15, 0.2) is 0 Å². The lowest BCUT2D eigenvalue weighted by Crippen LogP contribution is -2.23. The third-order valence-corrected chi connectivity index (χ3v) is 3.88. The van der Waals surface area contributed by atoms with Crippen LogP contribution in [0.5, 0.6) is 0 Å². The lowest BCUT2D eigenvalue weighted by atomic mass is 10.1. The maximum absolute atomic E-state index is 6.05. The molecule has 1 aromatic carbocycles. The molecule has 100 valence electrons. The minimum Gasteiger partial charge on any atom is -0.398 e. The van der Waals surface area contributed by atoms with Crippen LogP contribution in [0.3, 0.4) is 0 Å².